The van der Waals surface area contributed by atoms with Gasteiger partial charge in [0.05, 0.1) is 23.6 Å². The number of aliphatic hydroxyl groups is 1. The molecule has 0 amide bonds. The maximum absolute atomic E-state index is 14.2. The summed E-state index contributed by atoms with van der Waals surface area (Å²) in [7, 11) is 0. The predicted octanol–water partition coefficient (Wildman–Crippen LogP) is 7.44. The smallest absolute Gasteiger partial charge is 0.165 e. The van der Waals surface area contributed by atoms with Gasteiger partial charge in [-0.1, -0.05) is 29.8 Å². The molecule has 1 aromatic carbocycles. The van der Waals surface area contributed by atoms with Crippen LogP contribution in [0.15, 0.2) is 87.6 Å². The summed E-state index contributed by atoms with van der Waals surface area (Å²) in [6.07, 6.45) is 12.4. The van der Waals surface area contributed by atoms with Gasteiger partial charge in [-0.3, -0.25) is 19.9 Å². The summed E-state index contributed by atoms with van der Waals surface area (Å²) in [4.78, 5) is 24.3. The second kappa shape index (κ2) is 12.9. The van der Waals surface area contributed by atoms with Crippen molar-refractivity contribution in [2.24, 2.45) is 15.9 Å². The summed E-state index contributed by atoms with van der Waals surface area (Å²) in [6.45, 7) is 3.39. The molecule has 5 aliphatic heterocycles. The number of nitrogens with zero attached hydrogens (tertiary/aromatic N) is 6. The first-order valence-electron chi connectivity index (χ1n) is 17.0. The van der Waals surface area contributed by atoms with E-state index in [-0.39, 0.29) is 6.04 Å². The van der Waals surface area contributed by atoms with Crippen LogP contribution in [0, 0.1) is 11.7 Å². The lowest BCUT2D eigenvalue weighted by Crippen LogP contribution is -2.64. The monoisotopic (exact) mass is 688 g/mol. The van der Waals surface area contributed by atoms with E-state index in [4.69, 9.17) is 21.6 Å². The fourth-order valence-corrected chi connectivity index (χ4v) is 9.42. The van der Waals surface area contributed by atoms with Gasteiger partial charge in [-0.2, -0.15) is 0 Å². The molecule has 5 unspecified atom stereocenters. The molecule has 0 spiro atoms. The molecular formula is C37H39ClF2N6OS. The first-order valence-corrected chi connectivity index (χ1v) is 18.2. The van der Waals surface area contributed by atoms with E-state index < -0.39 is 23.6 Å². The number of hydrogen-bond acceptors (Lipinski definition) is 8. The van der Waals surface area contributed by atoms with Crippen molar-refractivity contribution in [2.75, 3.05) is 13.1 Å². The van der Waals surface area contributed by atoms with Gasteiger partial charge in [0, 0.05) is 64.7 Å². The number of alkyl halides is 1. The van der Waals surface area contributed by atoms with Crippen molar-refractivity contribution >= 4 is 34.5 Å². The van der Waals surface area contributed by atoms with Crippen molar-refractivity contribution in [3.05, 3.63) is 105 Å². The number of piperidine rings is 1. The highest BCUT2D eigenvalue weighted by molar-refractivity contribution is 7.11. The van der Waals surface area contributed by atoms with Crippen LogP contribution in [-0.2, 0) is 5.60 Å². The predicted molar refractivity (Wildman–Crippen MR) is 186 cm³/mol. The topological polar surface area (TPSA) is 77.2 Å². The average molecular weight is 689 g/mol. The number of hydrogen-bond donors (Lipinski definition) is 1. The third-order valence-corrected chi connectivity index (χ3v) is 11.7. The molecule has 9 rings (SSSR count). The molecule has 48 heavy (non-hydrogen) atoms. The maximum Gasteiger partial charge on any atom is 0.165 e. The fourth-order valence-electron chi connectivity index (χ4n) is 8.51. The van der Waals surface area contributed by atoms with Gasteiger partial charge in [0.1, 0.15) is 17.5 Å². The van der Waals surface area contributed by atoms with E-state index in [2.05, 4.69) is 19.8 Å². The van der Waals surface area contributed by atoms with Crippen molar-refractivity contribution in [3.8, 4) is 0 Å². The standard InChI is InChI=1S/C37H39ClF2N6OS/c1-22(39)15-25-8-10-30(43-25)33-31-16-23(5-4-13-45-26-18-27(45)20-37(47,19-26)32-6-2-3-11-41-32)21-46(31)35(36-42-12-14-48-36)44-34(33)28-9-7-24(40)17-29(28)38/h2-3,6-12,14,17,22-23,25-27,34,47H,4-5,13,15-16,18-21H2,1H3/t22?,23?,25?,26?,27?,34-,37?/m0/s1. The number of amidine groups is 1. The SMILES string of the molecule is CC(F)CC1C=CC(C2=C3CC(CCCN4C5CC4CC(O)(c4ccccn4)C5)CN3C(c3nccs3)=N[C@H]2c2ccc(F)cc2Cl)=N1. The Bertz CT molecular complexity index is 1780. The van der Waals surface area contributed by atoms with Gasteiger partial charge in [-0.25, -0.2) is 13.8 Å². The number of thiazole rings is 1. The van der Waals surface area contributed by atoms with E-state index >= 15 is 0 Å². The molecule has 7 nitrogen and oxygen atoms in total. The van der Waals surface area contributed by atoms with E-state index in [0.29, 0.717) is 35.0 Å². The minimum Gasteiger partial charge on any atom is -0.383 e. The molecule has 3 saturated heterocycles. The lowest BCUT2D eigenvalue weighted by atomic mass is 9.69. The number of benzene rings is 1. The molecule has 0 radical (unpaired) electrons. The molecule has 2 aromatic heterocycles. The van der Waals surface area contributed by atoms with Crippen LogP contribution >= 0.6 is 22.9 Å². The molecule has 4 fully saturated rings. The third-order valence-electron chi connectivity index (χ3n) is 10.6. The first kappa shape index (κ1) is 31.9. The quantitative estimate of drug-likeness (QED) is 0.240. The highest BCUT2D eigenvalue weighted by Crippen LogP contribution is 2.49. The van der Waals surface area contributed by atoms with Gasteiger partial charge in [-0.05, 0) is 88.3 Å². The van der Waals surface area contributed by atoms with E-state index in [0.717, 1.165) is 85.1 Å². The van der Waals surface area contributed by atoms with Gasteiger partial charge in [0.25, 0.3) is 0 Å². The Kier molecular flexibility index (Phi) is 8.55. The highest BCUT2D eigenvalue weighted by Gasteiger charge is 2.52. The van der Waals surface area contributed by atoms with E-state index in [1.165, 1.54) is 12.1 Å². The molecule has 11 heteroatoms. The fraction of sp³-hybridized carbons (Fsp3) is 0.459. The number of rotatable bonds is 10. The Balaban J connectivity index is 1.05. The van der Waals surface area contributed by atoms with E-state index in [1.807, 2.05) is 35.7 Å². The maximum atomic E-state index is 14.2. The number of aliphatic imine (C=N–C) groups is 2. The number of allylic oxidation sites excluding steroid dienone is 2. The molecule has 1 N–H and O–H groups in total. The van der Waals surface area contributed by atoms with Gasteiger partial charge in [0.15, 0.2) is 10.8 Å². The normalized spacial score (nSPS) is 30.3. The van der Waals surface area contributed by atoms with Gasteiger partial charge >= 0.3 is 0 Å². The molecule has 250 valence electrons. The van der Waals surface area contributed by atoms with Crippen LogP contribution in [0.1, 0.15) is 74.2 Å². The van der Waals surface area contributed by atoms with Crippen LogP contribution in [0.4, 0.5) is 8.78 Å². The lowest BCUT2D eigenvalue weighted by Gasteiger charge is -2.58. The van der Waals surface area contributed by atoms with Crippen molar-refractivity contribution in [1.82, 2.24) is 19.8 Å². The van der Waals surface area contributed by atoms with Crippen molar-refractivity contribution in [3.63, 3.8) is 0 Å². The average Bonchev–Trinajstić information content (AvgIpc) is 3.85. The van der Waals surface area contributed by atoms with Gasteiger partial charge in [0.2, 0.25) is 0 Å². The first-order chi connectivity index (χ1) is 23.3. The van der Waals surface area contributed by atoms with Crippen LogP contribution in [0.25, 0.3) is 0 Å². The molecule has 1 aliphatic carbocycles. The van der Waals surface area contributed by atoms with Crippen molar-refractivity contribution in [1.29, 1.82) is 0 Å². The van der Waals surface area contributed by atoms with Crippen LogP contribution in [0.3, 0.4) is 0 Å². The Labute approximate surface area is 288 Å². The van der Waals surface area contributed by atoms with Crippen molar-refractivity contribution < 1.29 is 13.9 Å². The third kappa shape index (κ3) is 5.95. The molecular weight excluding hydrogens is 650 g/mol. The molecule has 2 bridgehead atoms. The highest BCUT2D eigenvalue weighted by atomic mass is 35.5. The van der Waals surface area contributed by atoms with Crippen LogP contribution < -0.4 is 0 Å². The zero-order chi connectivity index (χ0) is 33.0. The Morgan fingerprint density at radius 2 is 1.98 bits per heavy atom. The lowest BCUT2D eigenvalue weighted by molar-refractivity contribution is -0.142. The molecule has 3 aromatic rings. The number of fused-ring (bicyclic) bond motifs is 3. The van der Waals surface area contributed by atoms with Crippen LogP contribution in [-0.4, -0.2) is 73.8 Å². The molecule has 7 heterocycles. The Hall–Kier alpha value is -3.31. The summed E-state index contributed by atoms with van der Waals surface area (Å²) >= 11 is 8.24. The van der Waals surface area contributed by atoms with E-state index in [1.54, 1.807) is 36.7 Å². The molecule has 1 saturated carbocycles. The summed E-state index contributed by atoms with van der Waals surface area (Å²) in [6, 6.07) is 10.3. The van der Waals surface area contributed by atoms with Crippen LogP contribution in [0.2, 0.25) is 5.02 Å². The second-order valence-corrected chi connectivity index (χ2v) is 15.2. The largest absolute Gasteiger partial charge is 0.383 e. The minimum atomic E-state index is -0.967. The number of halogens is 3. The summed E-state index contributed by atoms with van der Waals surface area (Å²) in [5.41, 5.74) is 3.56. The number of pyridine rings is 1. The molecule has 6 atom stereocenters. The Morgan fingerprint density at radius 1 is 1.12 bits per heavy atom. The summed E-state index contributed by atoms with van der Waals surface area (Å²) < 4.78 is 28.2. The van der Waals surface area contributed by atoms with Crippen LogP contribution in [0.5, 0.6) is 0 Å². The second-order valence-electron chi connectivity index (χ2n) is 13.9. The van der Waals surface area contributed by atoms with E-state index in [9.17, 15) is 13.9 Å². The number of aromatic nitrogens is 2. The molecule has 6 aliphatic rings. The zero-order valence-electron chi connectivity index (χ0n) is 26.9. The summed E-state index contributed by atoms with van der Waals surface area (Å²) in [5.74, 6) is 0.796. The minimum absolute atomic E-state index is 0.237. The summed E-state index contributed by atoms with van der Waals surface area (Å²) in [5, 5.41) is 14.5. The van der Waals surface area contributed by atoms with Crippen molar-refractivity contribution in [2.45, 2.75) is 87.8 Å². The van der Waals surface area contributed by atoms with Gasteiger partial charge in [-0.15, -0.1) is 11.3 Å². The Morgan fingerprint density at radius 3 is 2.71 bits per heavy atom. The van der Waals surface area contributed by atoms with Gasteiger partial charge < -0.3 is 10.0 Å². The zero-order valence-corrected chi connectivity index (χ0v) is 28.4.